The number of carbonyl (C=O) groups excluding carboxylic acids is 1. The molecule has 0 bridgehead atoms. The molecule has 1 heterocycles. The van der Waals surface area contributed by atoms with E-state index in [-0.39, 0.29) is 30.7 Å². The van der Waals surface area contributed by atoms with Gasteiger partial charge in [-0.25, -0.2) is 4.68 Å². The fraction of sp³-hybridized carbons (Fsp3) is 0.375. The molecule has 0 spiro atoms. The number of benzene rings is 1. The molecule has 0 radical (unpaired) electrons. The van der Waals surface area contributed by atoms with E-state index in [1.807, 2.05) is 6.92 Å². The molecule has 0 aliphatic rings. The average molecular weight is 377 g/mol. The summed E-state index contributed by atoms with van der Waals surface area (Å²) in [5.74, 6) is -0.802. The van der Waals surface area contributed by atoms with E-state index < -0.39 is 23.3 Å². The van der Waals surface area contributed by atoms with Crippen molar-refractivity contribution in [2.45, 2.75) is 26.1 Å². The zero-order chi connectivity index (χ0) is 17.9. The topological polar surface area (TPSA) is 58.9 Å². The Balaban J connectivity index is 0.00000312. The summed E-state index contributed by atoms with van der Waals surface area (Å²) in [6.45, 7) is 3.70. The fourth-order valence-corrected chi connectivity index (χ4v) is 2.21. The van der Waals surface area contributed by atoms with Crippen molar-refractivity contribution in [2.24, 2.45) is 0 Å². The second-order valence-electron chi connectivity index (χ2n) is 5.50. The maximum atomic E-state index is 13.5. The highest BCUT2D eigenvalue weighted by Gasteiger charge is 2.40. The van der Waals surface area contributed by atoms with Gasteiger partial charge in [0.05, 0.1) is 17.4 Å². The molecule has 138 valence electrons. The van der Waals surface area contributed by atoms with E-state index in [0.717, 1.165) is 10.9 Å². The first-order valence-corrected chi connectivity index (χ1v) is 7.42. The number of rotatable bonds is 5. The lowest BCUT2D eigenvalue weighted by Crippen LogP contribution is -2.37. The Labute approximate surface area is 150 Å². The Morgan fingerprint density at radius 3 is 2.52 bits per heavy atom. The van der Waals surface area contributed by atoms with E-state index in [0.29, 0.717) is 5.56 Å². The average Bonchev–Trinajstić information content (AvgIpc) is 2.97. The van der Waals surface area contributed by atoms with Crippen molar-refractivity contribution in [3.05, 3.63) is 47.3 Å². The normalized spacial score (nSPS) is 12.4. The number of nitrogens with zero attached hydrogens (tertiary/aromatic N) is 2. The zero-order valence-corrected chi connectivity index (χ0v) is 14.8. The van der Waals surface area contributed by atoms with Gasteiger partial charge in [0.2, 0.25) is 0 Å². The minimum absolute atomic E-state index is 0. The molecule has 0 saturated heterocycles. The second-order valence-corrected chi connectivity index (χ2v) is 5.50. The number of halogens is 4. The van der Waals surface area contributed by atoms with Crippen molar-refractivity contribution in [3.63, 3.8) is 0 Å². The number of hydrogen-bond acceptors (Lipinski definition) is 3. The van der Waals surface area contributed by atoms with Crippen molar-refractivity contribution >= 4 is 18.3 Å². The molecule has 0 aliphatic heterocycles. The summed E-state index contributed by atoms with van der Waals surface area (Å²) in [7, 11) is 1.70. The summed E-state index contributed by atoms with van der Waals surface area (Å²) < 4.78 is 41.4. The molecular weight excluding hydrogens is 357 g/mol. The smallest absolute Gasteiger partial charge is 0.350 e. The summed E-state index contributed by atoms with van der Waals surface area (Å²) >= 11 is 0. The van der Waals surface area contributed by atoms with Gasteiger partial charge in [0.25, 0.3) is 5.91 Å². The number of aromatic nitrogens is 2. The Morgan fingerprint density at radius 1 is 1.32 bits per heavy atom. The van der Waals surface area contributed by atoms with Crippen molar-refractivity contribution in [2.75, 3.05) is 13.6 Å². The maximum Gasteiger partial charge on any atom is 0.434 e. The van der Waals surface area contributed by atoms with E-state index in [1.54, 1.807) is 32.2 Å². The fourth-order valence-electron chi connectivity index (χ4n) is 2.21. The van der Waals surface area contributed by atoms with Crippen molar-refractivity contribution in [1.29, 1.82) is 0 Å². The number of carbonyl (C=O) groups is 1. The third-order valence-electron chi connectivity index (χ3n) is 3.69. The molecular formula is C16H20ClF3N4O. The lowest BCUT2D eigenvalue weighted by atomic mass is 10.1. The van der Waals surface area contributed by atoms with Gasteiger partial charge >= 0.3 is 6.18 Å². The lowest BCUT2D eigenvalue weighted by Gasteiger charge is -2.15. The standard InChI is InChI=1S/C16H19F3N4O.ClH/c1-10-6-4-5-7-13(10)23-14(16(17,18)19)12(9-22-23)15(24)21-8-11(2)20-3;/h4-7,9,11,20H,8H2,1-3H3,(H,21,24);1H. The molecule has 5 nitrogen and oxygen atoms in total. The van der Waals surface area contributed by atoms with Crippen molar-refractivity contribution in [1.82, 2.24) is 20.4 Å². The molecule has 25 heavy (non-hydrogen) atoms. The van der Waals surface area contributed by atoms with Gasteiger partial charge in [-0.05, 0) is 32.5 Å². The molecule has 2 rings (SSSR count). The number of para-hydroxylation sites is 1. The molecule has 9 heteroatoms. The van der Waals surface area contributed by atoms with Crippen molar-refractivity contribution in [3.8, 4) is 5.69 Å². The molecule has 2 N–H and O–H groups in total. The van der Waals surface area contributed by atoms with Gasteiger partial charge < -0.3 is 10.6 Å². The molecule has 1 aromatic carbocycles. The van der Waals surface area contributed by atoms with Crippen LogP contribution in [-0.2, 0) is 6.18 Å². The van der Waals surface area contributed by atoms with Gasteiger partial charge in [-0.1, -0.05) is 18.2 Å². The van der Waals surface area contributed by atoms with Crippen LogP contribution in [0.5, 0.6) is 0 Å². The first kappa shape index (κ1) is 21.0. The van der Waals surface area contributed by atoms with Crippen LogP contribution in [0.1, 0.15) is 28.5 Å². The molecule has 2 aromatic rings. The minimum atomic E-state index is -4.71. The van der Waals surface area contributed by atoms with Crippen LogP contribution in [0.4, 0.5) is 13.2 Å². The molecule has 0 fully saturated rings. The van der Waals surface area contributed by atoms with E-state index in [1.165, 1.54) is 6.07 Å². The van der Waals surface area contributed by atoms with Crippen LogP contribution in [0.3, 0.4) is 0 Å². The first-order valence-electron chi connectivity index (χ1n) is 7.42. The van der Waals surface area contributed by atoms with Crippen LogP contribution in [0.2, 0.25) is 0 Å². The third kappa shape index (κ3) is 4.73. The SMILES string of the molecule is CNC(C)CNC(=O)c1cnn(-c2ccccc2C)c1C(F)(F)F.Cl. The van der Waals surface area contributed by atoms with Crippen LogP contribution < -0.4 is 10.6 Å². The summed E-state index contributed by atoms with van der Waals surface area (Å²) in [5, 5.41) is 9.19. The van der Waals surface area contributed by atoms with Crippen LogP contribution in [0.15, 0.2) is 30.5 Å². The molecule has 1 atom stereocenters. The second kappa shape index (κ2) is 8.35. The van der Waals surface area contributed by atoms with Gasteiger partial charge in [-0.15, -0.1) is 12.4 Å². The Hall–Kier alpha value is -2.06. The number of alkyl halides is 3. The van der Waals surface area contributed by atoms with Crippen LogP contribution in [0.25, 0.3) is 5.69 Å². The van der Waals surface area contributed by atoms with Gasteiger partial charge in [-0.2, -0.15) is 18.3 Å². The van der Waals surface area contributed by atoms with E-state index in [4.69, 9.17) is 0 Å². The highest BCUT2D eigenvalue weighted by Crippen LogP contribution is 2.34. The Morgan fingerprint density at radius 2 is 1.96 bits per heavy atom. The highest BCUT2D eigenvalue weighted by atomic mass is 35.5. The first-order chi connectivity index (χ1) is 11.3. The third-order valence-corrected chi connectivity index (χ3v) is 3.69. The van der Waals surface area contributed by atoms with Gasteiger partial charge in [-0.3, -0.25) is 4.79 Å². The lowest BCUT2D eigenvalue weighted by molar-refractivity contribution is -0.143. The van der Waals surface area contributed by atoms with Crippen LogP contribution >= 0.6 is 12.4 Å². The molecule has 1 unspecified atom stereocenters. The van der Waals surface area contributed by atoms with Gasteiger partial charge in [0, 0.05) is 12.6 Å². The zero-order valence-electron chi connectivity index (χ0n) is 14.0. The molecule has 1 amide bonds. The number of hydrogen-bond donors (Lipinski definition) is 2. The van der Waals surface area contributed by atoms with Gasteiger partial charge in [0.15, 0.2) is 5.69 Å². The predicted molar refractivity (Wildman–Crippen MR) is 91.4 cm³/mol. The van der Waals surface area contributed by atoms with Gasteiger partial charge in [0.1, 0.15) is 0 Å². The monoisotopic (exact) mass is 376 g/mol. The van der Waals surface area contributed by atoms with E-state index >= 15 is 0 Å². The number of nitrogens with one attached hydrogen (secondary N) is 2. The molecule has 0 saturated carbocycles. The Bertz CT molecular complexity index is 730. The van der Waals surface area contributed by atoms with Crippen LogP contribution in [-0.4, -0.2) is 35.3 Å². The summed E-state index contributed by atoms with van der Waals surface area (Å²) in [6.07, 6.45) is -3.76. The van der Waals surface area contributed by atoms with E-state index in [2.05, 4.69) is 15.7 Å². The van der Waals surface area contributed by atoms with Crippen LogP contribution in [0, 0.1) is 6.92 Å². The summed E-state index contributed by atoms with van der Waals surface area (Å²) in [5.41, 5.74) is -0.658. The largest absolute Gasteiger partial charge is 0.434 e. The quantitative estimate of drug-likeness (QED) is 0.843. The van der Waals surface area contributed by atoms with E-state index in [9.17, 15) is 18.0 Å². The maximum absolute atomic E-state index is 13.5. The number of likely N-dealkylation sites (N-methyl/N-ethyl adjacent to an activating group) is 1. The number of aryl methyl sites for hydroxylation is 1. The summed E-state index contributed by atoms with van der Waals surface area (Å²) in [4.78, 5) is 12.2. The molecule has 0 aliphatic carbocycles. The minimum Gasteiger partial charge on any atom is -0.350 e. The Kier molecular flexibility index (Phi) is 7.01. The molecule has 1 aromatic heterocycles. The predicted octanol–water partition coefficient (Wildman–Crippen LogP) is 2.96. The summed E-state index contributed by atoms with van der Waals surface area (Å²) in [6, 6.07) is 6.50. The highest BCUT2D eigenvalue weighted by molar-refractivity contribution is 5.95. The van der Waals surface area contributed by atoms with Crippen molar-refractivity contribution < 1.29 is 18.0 Å². The number of amides is 1.